The Balaban J connectivity index is 2.45. The van der Waals surface area contributed by atoms with Crippen LogP contribution in [-0.4, -0.2) is 30.6 Å². The number of hydrogen-bond donors (Lipinski definition) is 1. The van der Waals surface area contributed by atoms with Crippen molar-refractivity contribution < 1.29 is 0 Å². The van der Waals surface area contributed by atoms with Crippen molar-refractivity contribution in [2.24, 2.45) is 5.73 Å². The Morgan fingerprint density at radius 3 is 2.38 bits per heavy atom. The third kappa shape index (κ3) is 3.28. The molecule has 0 bridgehead atoms. The highest BCUT2D eigenvalue weighted by Gasteiger charge is 2.21. The second kappa shape index (κ2) is 5.61. The minimum absolute atomic E-state index is 0.408. The Kier molecular flexibility index (Phi) is 4.74. The summed E-state index contributed by atoms with van der Waals surface area (Å²) in [6.45, 7) is 3.34. The summed E-state index contributed by atoms with van der Waals surface area (Å²) in [4.78, 5) is 2.41. The van der Waals surface area contributed by atoms with Crippen molar-refractivity contribution in [3.63, 3.8) is 0 Å². The van der Waals surface area contributed by atoms with Crippen LogP contribution in [0.15, 0.2) is 0 Å². The van der Waals surface area contributed by atoms with Crippen LogP contribution in [0.3, 0.4) is 0 Å². The first-order chi connectivity index (χ1) is 6.25. The minimum atomic E-state index is 0.408. The van der Waals surface area contributed by atoms with E-state index in [2.05, 4.69) is 18.9 Å². The molecule has 0 aliphatic heterocycles. The summed E-state index contributed by atoms with van der Waals surface area (Å²) < 4.78 is 0. The maximum atomic E-state index is 6.18. The zero-order valence-electron chi connectivity index (χ0n) is 9.13. The number of nitrogens with two attached hydrogens (primary N) is 1. The molecule has 0 aromatic carbocycles. The van der Waals surface area contributed by atoms with E-state index in [-0.39, 0.29) is 0 Å². The van der Waals surface area contributed by atoms with Crippen LogP contribution in [0, 0.1) is 0 Å². The Labute approximate surface area is 82.5 Å². The molecule has 0 aromatic rings. The summed E-state index contributed by atoms with van der Waals surface area (Å²) in [7, 11) is 2.20. The number of hydrogen-bond acceptors (Lipinski definition) is 2. The molecule has 1 rings (SSSR count). The van der Waals surface area contributed by atoms with Crippen molar-refractivity contribution in [2.75, 3.05) is 13.6 Å². The van der Waals surface area contributed by atoms with Crippen LogP contribution in [0.4, 0.5) is 0 Å². The van der Waals surface area contributed by atoms with Gasteiger partial charge >= 0.3 is 0 Å². The van der Waals surface area contributed by atoms with Gasteiger partial charge in [0, 0.05) is 12.1 Å². The van der Waals surface area contributed by atoms with Gasteiger partial charge in [0.15, 0.2) is 0 Å². The quantitative estimate of drug-likeness (QED) is 0.711. The number of rotatable bonds is 2. The molecule has 0 spiro atoms. The first-order valence-electron chi connectivity index (χ1n) is 5.71. The summed E-state index contributed by atoms with van der Waals surface area (Å²) in [6.07, 6.45) is 8.00. The number of nitrogens with zero attached hydrogens (tertiary/aromatic N) is 1. The van der Waals surface area contributed by atoms with E-state index in [0.717, 1.165) is 6.54 Å². The van der Waals surface area contributed by atoms with Crippen molar-refractivity contribution in [1.29, 1.82) is 0 Å². The standard InChI is InChI=1S/C11H24N2/c1-3-13(2)11-9-7-5-4-6-8-10(11)12/h10-11H,3-9,12H2,1-2H3. The predicted octanol–water partition coefficient (Wildman–Crippen LogP) is 1.99. The van der Waals surface area contributed by atoms with E-state index >= 15 is 0 Å². The van der Waals surface area contributed by atoms with Crippen molar-refractivity contribution in [2.45, 2.75) is 57.5 Å². The topological polar surface area (TPSA) is 29.3 Å². The molecule has 1 fully saturated rings. The average molecular weight is 184 g/mol. The van der Waals surface area contributed by atoms with Gasteiger partial charge in [-0.05, 0) is 26.4 Å². The van der Waals surface area contributed by atoms with Crippen molar-refractivity contribution in [3.8, 4) is 0 Å². The van der Waals surface area contributed by atoms with E-state index in [9.17, 15) is 0 Å². The molecule has 2 N–H and O–H groups in total. The molecule has 1 saturated carbocycles. The molecule has 2 nitrogen and oxygen atoms in total. The SMILES string of the molecule is CCN(C)C1CCCCCCC1N. The van der Waals surface area contributed by atoms with Gasteiger partial charge in [-0.3, -0.25) is 0 Å². The highest BCUT2D eigenvalue weighted by molar-refractivity contribution is 4.81. The van der Waals surface area contributed by atoms with Gasteiger partial charge in [0.25, 0.3) is 0 Å². The van der Waals surface area contributed by atoms with Crippen LogP contribution in [0.1, 0.15) is 45.4 Å². The van der Waals surface area contributed by atoms with Crippen molar-refractivity contribution >= 4 is 0 Å². The maximum absolute atomic E-state index is 6.18. The zero-order chi connectivity index (χ0) is 9.68. The van der Waals surface area contributed by atoms with E-state index in [1.54, 1.807) is 0 Å². The second-order valence-electron chi connectivity index (χ2n) is 4.30. The molecule has 0 amide bonds. The minimum Gasteiger partial charge on any atom is -0.326 e. The summed E-state index contributed by atoms with van der Waals surface area (Å²) >= 11 is 0. The Morgan fingerprint density at radius 1 is 1.15 bits per heavy atom. The molecule has 78 valence electrons. The van der Waals surface area contributed by atoms with E-state index in [4.69, 9.17) is 5.73 Å². The highest BCUT2D eigenvalue weighted by atomic mass is 15.1. The van der Waals surface area contributed by atoms with E-state index < -0.39 is 0 Å². The van der Waals surface area contributed by atoms with Crippen LogP contribution in [0.2, 0.25) is 0 Å². The first kappa shape index (κ1) is 11.0. The summed E-state index contributed by atoms with van der Waals surface area (Å²) in [6, 6.07) is 1.04. The summed E-state index contributed by atoms with van der Waals surface area (Å²) in [5, 5.41) is 0. The van der Waals surface area contributed by atoms with Gasteiger partial charge in [0.2, 0.25) is 0 Å². The molecule has 13 heavy (non-hydrogen) atoms. The van der Waals surface area contributed by atoms with Gasteiger partial charge in [0.05, 0.1) is 0 Å². The van der Waals surface area contributed by atoms with Gasteiger partial charge in [-0.15, -0.1) is 0 Å². The molecule has 1 aliphatic carbocycles. The monoisotopic (exact) mass is 184 g/mol. The fourth-order valence-electron chi connectivity index (χ4n) is 2.28. The lowest BCUT2D eigenvalue weighted by molar-refractivity contribution is 0.189. The fourth-order valence-corrected chi connectivity index (χ4v) is 2.28. The molecular formula is C11H24N2. The lowest BCUT2D eigenvalue weighted by atomic mass is 9.92. The van der Waals surface area contributed by atoms with Crippen LogP contribution >= 0.6 is 0 Å². The zero-order valence-corrected chi connectivity index (χ0v) is 9.13. The maximum Gasteiger partial charge on any atom is 0.0244 e. The molecule has 2 heteroatoms. The third-order valence-electron chi connectivity index (χ3n) is 3.35. The third-order valence-corrected chi connectivity index (χ3v) is 3.35. The average Bonchev–Trinajstić information content (AvgIpc) is 2.11. The van der Waals surface area contributed by atoms with Crippen LogP contribution in [0.5, 0.6) is 0 Å². The molecule has 0 aromatic heterocycles. The van der Waals surface area contributed by atoms with Crippen molar-refractivity contribution in [1.82, 2.24) is 4.90 Å². The molecule has 2 atom stereocenters. The van der Waals surface area contributed by atoms with Gasteiger partial charge in [0.1, 0.15) is 0 Å². The van der Waals surface area contributed by atoms with Crippen LogP contribution in [-0.2, 0) is 0 Å². The highest BCUT2D eigenvalue weighted by Crippen LogP contribution is 2.19. The molecule has 0 heterocycles. The van der Waals surface area contributed by atoms with Gasteiger partial charge in [-0.1, -0.05) is 32.6 Å². The molecular weight excluding hydrogens is 160 g/mol. The molecule has 0 radical (unpaired) electrons. The lowest BCUT2D eigenvalue weighted by Gasteiger charge is -2.33. The predicted molar refractivity (Wildman–Crippen MR) is 57.8 cm³/mol. The Hall–Kier alpha value is -0.0800. The second-order valence-corrected chi connectivity index (χ2v) is 4.30. The van der Waals surface area contributed by atoms with Crippen LogP contribution < -0.4 is 5.73 Å². The largest absolute Gasteiger partial charge is 0.326 e. The number of likely N-dealkylation sites (N-methyl/N-ethyl adjacent to an activating group) is 1. The van der Waals surface area contributed by atoms with Gasteiger partial charge < -0.3 is 10.6 Å². The molecule has 2 unspecified atom stereocenters. The fraction of sp³-hybridized carbons (Fsp3) is 1.00. The summed E-state index contributed by atoms with van der Waals surface area (Å²) in [5.74, 6) is 0. The van der Waals surface area contributed by atoms with E-state index in [1.807, 2.05) is 0 Å². The van der Waals surface area contributed by atoms with Crippen LogP contribution in [0.25, 0.3) is 0 Å². The van der Waals surface area contributed by atoms with Gasteiger partial charge in [-0.2, -0.15) is 0 Å². The molecule has 0 saturated heterocycles. The Bertz CT molecular complexity index is 136. The first-order valence-corrected chi connectivity index (χ1v) is 5.71. The van der Waals surface area contributed by atoms with Crippen molar-refractivity contribution in [3.05, 3.63) is 0 Å². The lowest BCUT2D eigenvalue weighted by Crippen LogP contribution is -2.46. The summed E-state index contributed by atoms with van der Waals surface area (Å²) in [5.41, 5.74) is 6.18. The van der Waals surface area contributed by atoms with Gasteiger partial charge in [-0.25, -0.2) is 0 Å². The molecule has 1 aliphatic rings. The van der Waals surface area contributed by atoms with E-state index in [1.165, 1.54) is 38.5 Å². The Morgan fingerprint density at radius 2 is 1.77 bits per heavy atom. The normalized spacial score (nSPS) is 31.4. The smallest absolute Gasteiger partial charge is 0.0244 e. The van der Waals surface area contributed by atoms with E-state index in [0.29, 0.717) is 12.1 Å².